The molecular formula is C19H22BrFN4O2. The lowest BCUT2D eigenvalue weighted by atomic mass is 10.2. The molecule has 2 aromatic rings. The Morgan fingerprint density at radius 2 is 2.22 bits per heavy atom. The SMILES string of the molecule is CC(CNC(=O)/C=C/c1ccc(-n2cc(Br)cn2)c(F)c1)N1CCOCC1. The van der Waals surface area contributed by atoms with Gasteiger partial charge in [-0.15, -0.1) is 0 Å². The van der Waals surface area contributed by atoms with Crippen LogP contribution in [-0.4, -0.2) is 59.5 Å². The number of benzene rings is 1. The Hall–Kier alpha value is -2.03. The van der Waals surface area contributed by atoms with Gasteiger partial charge in [0.05, 0.1) is 23.9 Å². The molecule has 144 valence electrons. The van der Waals surface area contributed by atoms with Crippen molar-refractivity contribution in [1.82, 2.24) is 20.0 Å². The Kier molecular flexibility index (Phi) is 6.76. The van der Waals surface area contributed by atoms with Crippen molar-refractivity contribution >= 4 is 27.9 Å². The molecule has 0 saturated carbocycles. The number of aromatic nitrogens is 2. The van der Waals surface area contributed by atoms with E-state index in [0.717, 1.165) is 30.8 Å². The number of rotatable bonds is 6. The summed E-state index contributed by atoms with van der Waals surface area (Å²) in [6.07, 6.45) is 6.29. The highest BCUT2D eigenvalue weighted by Crippen LogP contribution is 2.17. The van der Waals surface area contributed by atoms with E-state index in [1.807, 2.05) is 0 Å². The van der Waals surface area contributed by atoms with E-state index in [1.165, 1.54) is 16.8 Å². The van der Waals surface area contributed by atoms with Crippen LogP contribution in [0.1, 0.15) is 12.5 Å². The van der Waals surface area contributed by atoms with Gasteiger partial charge in [-0.1, -0.05) is 6.07 Å². The third-order valence-electron chi connectivity index (χ3n) is 4.44. The number of carbonyl (C=O) groups excluding carboxylic acids is 1. The maximum Gasteiger partial charge on any atom is 0.244 e. The van der Waals surface area contributed by atoms with Crippen molar-refractivity contribution < 1.29 is 13.9 Å². The number of morpholine rings is 1. The zero-order chi connectivity index (χ0) is 19.2. The standard InChI is InChI=1S/C19H22BrFN4O2/c1-14(24-6-8-27-9-7-24)11-22-19(26)5-3-15-2-4-18(17(21)10-15)25-13-16(20)12-23-25/h2-5,10,12-14H,6-9,11H2,1H3,(H,22,26)/b5-3+. The molecule has 1 N–H and O–H groups in total. The lowest BCUT2D eigenvalue weighted by molar-refractivity contribution is -0.116. The summed E-state index contributed by atoms with van der Waals surface area (Å²) < 4.78 is 21.9. The van der Waals surface area contributed by atoms with E-state index in [-0.39, 0.29) is 11.9 Å². The van der Waals surface area contributed by atoms with Crippen LogP contribution in [0.2, 0.25) is 0 Å². The van der Waals surface area contributed by atoms with Crippen LogP contribution in [-0.2, 0) is 9.53 Å². The molecule has 1 aromatic heterocycles. The number of hydrogen-bond acceptors (Lipinski definition) is 4. The smallest absolute Gasteiger partial charge is 0.244 e. The number of nitrogens with one attached hydrogen (secondary N) is 1. The fourth-order valence-electron chi connectivity index (χ4n) is 2.87. The van der Waals surface area contributed by atoms with Gasteiger partial charge < -0.3 is 10.1 Å². The molecule has 1 fully saturated rings. The average Bonchev–Trinajstić information content (AvgIpc) is 3.11. The predicted octanol–water partition coefficient (Wildman–Crippen LogP) is 2.62. The summed E-state index contributed by atoms with van der Waals surface area (Å²) in [5, 5.41) is 6.95. The normalized spacial score (nSPS) is 16.6. The van der Waals surface area contributed by atoms with Gasteiger partial charge in [-0.3, -0.25) is 9.69 Å². The van der Waals surface area contributed by atoms with Crippen LogP contribution in [0.3, 0.4) is 0 Å². The van der Waals surface area contributed by atoms with E-state index in [2.05, 4.69) is 38.2 Å². The van der Waals surface area contributed by atoms with Crippen LogP contribution in [0.4, 0.5) is 4.39 Å². The minimum Gasteiger partial charge on any atom is -0.379 e. The first-order chi connectivity index (χ1) is 13.0. The molecule has 1 aliphatic rings. The largest absolute Gasteiger partial charge is 0.379 e. The number of halogens is 2. The first-order valence-corrected chi connectivity index (χ1v) is 9.60. The van der Waals surface area contributed by atoms with Crippen LogP contribution in [0.25, 0.3) is 11.8 Å². The van der Waals surface area contributed by atoms with Gasteiger partial charge in [0.15, 0.2) is 0 Å². The van der Waals surface area contributed by atoms with Gasteiger partial charge in [-0.25, -0.2) is 9.07 Å². The molecule has 1 amide bonds. The highest BCUT2D eigenvalue weighted by molar-refractivity contribution is 9.10. The molecule has 0 spiro atoms. The Balaban J connectivity index is 1.54. The van der Waals surface area contributed by atoms with Gasteiger partial charge >= 0.3 is 0 Å². The minimum absolute atomic E-state index is 0.199. The molecule has 1 aliphatic heterocycles. The van der Waals surface area contributed by atoms with Gasteiger partial charge in [-0.2, -0.15) is 5.10 Å². The zero-order valence-corrected chi connectivity index (χ0v) is 16.7. The summed E-state index contributed by atoms with van der Waals surface area (Å²) in [7, 11) is 0. The van der Waals surface area contributed by atoms with Crippen molar-refractivity contribution in [1.29, 1.82) is 0 Å². The summed E-state index contributed by atoms with van der Waals surface area (Å²) in [5.41, 5.74) is 0.959. The topological polar surface area (TPSA) is 59.4 Å². The highest BCUT2D eigenvalue weighted by atomic mass is 79.9. The van der Waals surface area contributed by atoms with E-state index in [0.29, 0.717) is 17.8 Å². The first-order valence-electron chi connectivity index (χ1n) is 8.81. The second kappa shape index (κ2) is 9.25. The fourth-order valence-corrected chi connectivity index (χ4v) is 3.16. The molecule has 0 aliphatic carbocycles. The second-order valence-electron chi connectivity index (χ2n) is 6.39. The van der Waals surface area contributed by atoms with E-state index < -0.39 is 5.82 Å². The lowest BCUT2D eigenvalue weighted by Crippen LogP contribution is -2.47. The summed E-state index contributed by atoms with van der Waals surface area (Å²) in [6.45, 7) is 5.86. The average molecular weight is 437 g/mol. The molecule has 0 radical (unpaired) electrons. The molecule has 1 unspecified atom stereocenters. The van der Waals surface area contributed by atoms with Gasteiger partial charge in [0.1, 0.15) is 11.5 Å². The van der Waals surface area contributed by atoms with Gasteiger partial charge in [0.2, 0.25) is 5.91 Å². The van der Waals surface area contributed by atoms with Crippen LogP contribution in [0.5, 0.6) is 0 Å². The van der Waals surface area contributed by atoms with Gasteiger partial charge in [-0.05, 0) is 46.6 Å². The Bertz CT molecular complexity index is 818. The van der Waals surface area contributed by atoms with Crippen molar-refractivity contribution in [3.8, 4) is 5.69 Å². The quantitative estimate of drug-likeness (QED) is 0.707. The molecule has 0 bridgehead atoms. The van der Waals surface area contributed by atoms with Gasteiger partial charge in [0.25, 0.3) is 0 Å². The Morgan fingerprint density at radius 3 is 2.89 bits per heavy atom. The molecule has 3 rings (SSSR count). The number of hydrogen-bond donors (Lipinski definition) is 1. The van der Waals surface area contributed by atoms with Crippen molar-refractivity contribution in [2.45, 2.75) is 13.0 Å². The molecular weight excluding hydrogens is 415 g/mol. The van der Waals surface area contributed by atoms with Gasteiger partial charge in [0, 0.05) is 37.9 Å². The molecule has 8 heteroatoms. The number of nitrogens with zero attached hydrogens (tertiary/aromatic N) is 3. The zero-order valence-electron chi connectivity index (χ0n) is 15.1. The maximum absolute atomic E-state index is 14.3. The number of ether oxygens (including phenoxy) is 1. The monoisotopic (exact) mass is 436 g/mol. The molecule has 2 heterocycles. The van der Waals surface area contributed by atoms with Crippen molar-refractivity contribution in [2.24, 2.45) is 0 Å². The third kappa shape index (κ3) is 5.47. The molecule has 1 saturated heterocycles. The van der Waals surface area contributed by atoms with Crippen molar-refractivity contribution in [2.75, 3.05) is 32.8 Å². The van der Waals surface area contributed by atoms with E-state index in [4.69, 9.17) is 4.74 Å². The van der Waals surface area contributed by atoms with Crippen molar-refractivity contribution in [3.05, 3.63) is 52.5 Å². The van der Waals surface area contributed by atoms with Crippen LogP contribution in [0.15, 0.2) is 41.1 Å². The van der Waals surface area contributed by atoms with Crippen LogP contribution < -0.4 is 5.32 Å². The second-order valence-corrected chi connectivity index (χ2v) is 7.31. The molecule has 27 heavy (non-hydrogen) atoms. The first kappa shape index (κ1) is 19.7. The summed E-state index contributed by atoms with van der Waals surface area (Å²) in [4.78, 5) is 14.3. The van der Waals surface area contributed by atoms with Crippen LogP contribution >= 0.6 is 15.9 Å². The molecule has 1 atom stereocenters. The van der Waals surface area contributed by atoms with Crippen molar-refractivity contribution in [3.63, 3.8) is 0 Å². The van der Waals surface area contributed by atoms with E-state index in [9.17, 15) is 9.18 Å². The Morgan fingerprint density at radius 1 is 1.44 bits per heavy atom. The molecule has 1 aromatic carbocycles. The van der Waals surface area contributed by atoms with E-state index in [1.54, 1.807) is 30.6 Å². The summed E-state index contributed by atoms with van der Waals surface area (Å²) in [5.74, 6) is -0.607. The van der Waals surface area contributed by atoms with Crippen LogP contribution in [0, 0.1) is 5.82 Å². The third-order valence-corrected chi connectivity index (χ3v) is 4.85. The maximum atomic E-state index is 14.3. The molecule has 6 nitrogen and oxygen atoms in total. The summed E-state index contributed by atoms with van der Waals surface area (Å²) in [6, 6.07) is 5.00. The fraction of sp³-hybridized carbons (Fsp3) is 0.368. The number of amides is 1. The van der Waals surface area contributed by atoms with E-state index >= 15 is 0 Å². The highest BCUT2D eigenvalue weighted by Gasteiger charge is 2.17. The minimum atomic E-state index is -0.408. The Labute approximate surface area is 166 Å². The predicted molar refractivity (Wildman–Crippen MR) is 105 cm³/mol. The summed E-state index contributed by atoms with van der Waals surface area (Å²) >= 11 is 3.29. The lowest BCUT2D eigenvalue weighted by Gasteiger charge is -2.32. The number of carbonyl (C=O) groups is 1.